The maximum atomic E-state index is 9.90. The Morgan fingerprint density at radius 3 is 2.62 bits per heavy atom. The number of hydrogen-bond donors (Lipinski definition) is 0. The van der Waals surface area contributed by atoms with Crippen LogP contribution in [0, 0.1) is 5.92 Å². The third kappa shape index (κ3) is 3.15. The van der Waals surface area contributed by atoms with Crippen LogP contribution in [0.4, 0.5) is 0 Å². The second-order valence-corrected chi connectivity index (χ2v) is 4.17. The maximum absolute atomic E-state index is 9.90. The van der Waals surface area contributed by atoms with Gasteiger partial charge in [0, 0.05) is 5.25 Å². The highest BCUT2D eigenvalue weighted by molar-refractivity contribution is 8.00. The zero-order valence-electron chi connectivity index (χ0n) is 7.10. The van der Waals surface area contributed by atoms with E-state index in [-0.39, 0.29) is 0 Å². The molecule has 1 aliphatic heterocycles. The highest BCUT2D eigenvalue weighted by Gasteiger charge is 2.27. The van der Waals surface area contributed by atoms with E-state index in [1.54, 1.807) is 11.8 Å². The van der Waals surface area contributed by atoms with Gasteiger partial charge in [0.1, 0.15) is 0 Å². The maximum Gasteiger partial charge on any atom is 0.234 e. The molecule has 0 aliphatic carbocycles. The number of nitrogens with zero attached hydrogens (tertiary/aromatic N) is 2. The quantitative estimate of drug-likeness (QED) is 0.495. The summed E-state index contributed by atoms with van der Waals surface area (Å²) in [6.45, 7) is 1.00. The Balaban J connectivity index is 2.42. The Morgan fingerprint density at radius 2 is 1.92 bits per heavy atom. The fourth-order valence-electron chi connectivity index (χ4n) is 1.39. The van der Waals surface area contributed by atoms with E-state index in [1.165, 1.54) is 12.2 Å². The van der Waals surface area contributed by atoms with E-state index >= 15 is 0 Å². The molecule has 5 heteroatoms. The predicted octanol–water partition coefficient (Wildman–Crippen LogP) is 0.780. The first-order valence-corrected chi connectivity index (χ1v) is 5.12. The van der Waals surface area contributed by atoms with Gasteiger partial charge in [-0.3, -0.25) is 0 Å². The smallest absolute Gasteiger partial charge is 0.211 e. The van der Waals surface area contributed by atoms with Crippen LogP contribution in [0.2, 0.25) is 0 Å². The fraction of sp³-hybridized carbons (Fsp3) is 0.750. The molecule has 1 heterocycles. The Bertz CT molecular complexity index is 231. The fourth-order valence-corrected chi connectivity index (χ4v) is 2.80. The molecule has 0 aromatic heterocycles. The van der Waals surface area contributed by atoms with Gasteiger partial charge in [-0.15, -0.1) is 0 Å². The van der Waals surface area contributed by atoms with Crippen molar-refractivity contribution in [3.8, 4) is 0 Å². The minimum Gasteiger partial charge on any atom is -0.211 e. The molecule has 0 N–H and O–H groups in total. The van der Waals surface area contributed by atoms with E-state index in [0.29, 0.717) is 24.3 Å². The molecule has 0 radical (unpaired) electrons. The van der Waals surface area contributed by atoms with Crippen molar-refractivity contribution < 1.29 is 9.59 Å². The first-order valence-electron chi connectivity index (χ1n) is 4.07. The molecule has 70 valence electrons. The summed E-state index contributed by atoms with van der Waals surface area (Å²) in [4.78, 5) is 26.9. The third-order valence-electron chi connectivity index (χ3n) is 2.07. The molecular formula is C8H10N2O2S. The minimum atomic E-state index is 0.318. The summed E-state index contributed by atoms with van der Waals surface area (Å²) in [5.41, 5.74) is 0. The molecule has 0 saturated carbocycles. The SMILES string of the molecule is O=C=NCC1CCSC1CN=C=O. The molecule has 13 heavy (non-hydrogen) atoms. The lowest BCUT2D eigenvalue weighted by atomic mass is 10.0. The Kier molecular flexibility index (Phi) is 4.47. The molecular weight excluding hydrogens is 188 g/mol. The van der Waals surface area contributed by atoms with E-state index in [1.807, 2.05) is 0 Å². The van der Waals surface area contributed by atoms with Gasteiger partial charge in [0.2, 0.25) is 12.2 Å². The van der Waals surface area contributed by atoms with E-state index in [4.69, 9.17) is 0 Å². The summed E-state index contributed by atoms with van der Waals surface area (Å²) >= 11 is 1.78. The van der Waals surface area contributed by atoms with Gasteiger partial charge in [0.05, 0.1) is 13.1 Å². The normalized spacial score (nSPS) is 26.2. The van der Waals surface area contributed by atoms with Gasteiger partial charge in [-0.05, 0) is 18.1 Å². The molecule has 2 atom stereocenters. The molecule has 0 bridgehead atoms. The van der Waals surface area contributed by atoms with Crippen LogP contribution in [0.25, 0.3) is 0 Å². The topological polar surface area (TPSA) is 58.9 Å². The average Bonchev–Trinajstić information content (AvgIpc) is 2.59. The summed E-state index contributed by atoms with van der Waals surface area (Å²) in [7, 11) is 0. The summed E-state index contributed by atoms with van der Waals surface area (Å²) in [5, 5.41) is 0.318. The summed E-state index contributed by atoms with van der Waals surface area (Å²) in [6, 6.07) is 0. The second kappa shape index (κ2) is 5.70. The average molecular weight is 198 g/mol. The number of rotatable bonds is 4. The first kappa shape index (κ1) is 10.2. The van der Waals surface area contributed by atoms with Crippen molar-refractivity contribution in [2.45, 2.75) is 11.7 Å². The molecule has 1 aliphatic rings. The van der Waals surface area contributed by atoms with Crippen molar-refractivity contribution in [3.05, 3.63) is 0 Å². The van der Waals surface area contributed by atoms with Crippen molar-refractivity contribution >= 4 is 23.9 Å². The van der Waals surface area contributed by atoms with Crippen LogP contribution in [-0.4, -0.2) is 36.3 Å². The van der Waals surface area contributed by atoms with Gasteiger partial charge in [0.25, 0.3) is 0 Å². The Hall–Kier alpha value is -0.890. The molecule has 1 fully saturated rings. The van der Waals surface area contributed by atoms with E-state index in [2.05, 4.69) is 9.98 Å². The second-order valence-electron chi connectivity index (χ2n) is 2.82. The van der Waals surface area contributed by atoms with Crippen molar-refractivity contribution in [1.82, 2.24) is 0 Å². The van der Waals surface area contributed by atoms with Crippen LogP contribution < -0.4 is 0 Å². The molecule has 1 saturated heterocycles. The van der Waals surface area contributed by atoms with Crippen LogP contribution >= 0.6 is 11.8 Å². The number of carbonyl (C=O) groups excluding carboxylic acids is 2. The highest BCUT2D eigenvalue weighted by atomic mass is 32.2. The lowest BCUT2D eigenvalue weighted by Gasteiger charge is -2.12. The monoisotopic (exact) mass is 198 g/mol. The van der Waals surface area contributed by atoms with Crippen LogP contribution in [-0.2, 0) is 9.59 Å². The molecule has 1 rings (SSSR count). The molecule has 0 aromatic rings. The van der Waals surface area contributed by atoms with Crippen LogP contribution in [0.15, 0.2) is 9.98 Å². The minimum absolute atomic E-state index is 0.318. The van der Waals surface area contributed by atoms with Gasteiger partial charge < -0.3 is 0 Å². The van der Waals surface area contributed by atoms with Crippen molar-refractivity contribution in [2.75, 3.05) is 18.8 Å². The van der Waals surface area contributed by atoms with Gasteiger partial charge in [-0.1, -0.05) is 0 Å². The zero-order valence-corrected chi connectivity index (χ0v) is 7.92. The van der Waals surface area contributed by atoms with Gasteiger partial charge in [-0.25, -0.2) is 19.6 Å². The van der Waals surface area contributed by atoms with Crippen LogP contribution in [0.3, 0.4) is 0 Å². The lowest BCUT2D eigenvalue weighted by molar-refractivity contribution is 0.516. The zero-order chi connectivity index (χ0) is 9.52. The van der Waals surface area contributed by atoms with Crippen molar-refractivity contribution in [1.29, 1.82) is 0 Å². The van der Waals surface area contributed by atoms with Gasteiger partial charge >= 0.3 is 0 Å². The van der Waals surface area contributed by atoms with Crippen molar-refractivity contribution in [3.63, 3.8) is 0 Å². The Labute approximate surface area is 80.5 Å². The largest absolute Gasteiger partial charge is 0.234 e. The van der Waals surface area contributed by atoms with E-state index < -0.39 is 0 Å². The van der Waals surface area contributed by atoms with Crippen molar-refractivity contribution in [2.24, 2.45) is 15.9 Å². The molecule has 2 unspecified atom stereocenters. The summed E-state index contributed by atoms with van der Waals surface area (Å²) < 4.78 is 0. The van der Waals surface area contributed by atoms with E-state index in [9.17, 15) is 9.59 Å². The van der Waals surface area contributed by atoms with Gasteiger partial charge in [-0.2, -0.15) is 11.8 Å². The number of hydrogen-bond acceptors (Lipinski definition) is 5. The highest BCUT2D eigenvalue weighted by Crippen LogP contribution is 2.32. The van der Waals surface area contributed by atoms with Crippen LogP contribution in [0.1, 0.15) is 6.42 Å². The third-order valence-corrected chi connectivity index (χ3v) is 3.51. The number of isocyanates is 2. The lowest BCUT2D eigenvalue weighted by Crippen LogP contribution is -2.17. The van der Waals surface area contributed by atoms with Crippen LogP contribution in [0.5, 0.6) is 0 Å². The Morgan fingerprint density at radius 1 is 1.23 bits per heavy atom. The molecule has 4 nitrogen and oxygen atoms in total. The van der Waals surface area contributed by atoms with E-state index in [0.717, 1.165) is 12.2 Å². The molecule has 0 spiro atoms. The number of thioether (sulfide) groups is 1. The van der Waals surface area contributed by atoms with Gasteiger partial charge in [0.15, 0.2) is 0 Å². The summed E-state index contributed by atoms with van der Waals surface area (Å²) in [6.07, 6.45) is 4.09. The number of aliphatic imine (C=N–C) groups is 2. The predicted molar refractivity (Wildman–Crippen MR) is 50.3 cm³/mol. The standard InChI is InChI=1S/C8H10N2O2S/c11-5-9-3-7-1-2-13-8(7)4-10-6-12/h7-8H,1-4H2. The molecule has 0 aromatic carbocycles. The molecule has 0 amide bonds. The first-order chi connectivity index (χ1) is 6.38. The summed E-state index contributed by atoms with van der Waals surface area (Å²) in [5.74, 6) is 1.42.